The van der Waals surface area contributed by atoms with Crippen molar-refractivity contribution in [1.82, 2.24) is 0 Å². The Hall–Kier alpha value is 0.253. The van der Waals surface area contributed by atoms with Crippen LogP contribution in [0, 0.1) is 12.7 Å². The monoisotopic (exact) mass is 266 g/mol. The summed E-state index contributed by atoms with van der Waals surface area (Å²) in [6.07, 6.45) is 0.722. The van der Waals surface area contributed by atoms with Crippen molar-refractivity contribution in [2.45, 2.75) is 6.42 Å². The molecule has 1 aromatic carbocycles. The van der Waals surface area contributed by atoms with Crippen molar-refractivity contribution in [1.29, 1.82) is 0 Å². The topological polar surface area (TPSA) is 0 Å². The molecule has 0 unspecified atom stereocenters. The van der Waals surface area contributed by atoms with Crippen LogP contribution in [0.5, 0.6) is 0 Å². The van der Waals surface area contributed by atoms with Gasteiger partial charge in [0, 0.05) is 19.5 Å². The largest absolute Gasteiger partial charge is 1.00 e. The van der Waals surface area contributed by atoms with Crippen molar-refractivity contribution in [2.24, 2.45) is 0 Å². The van der Waals surface area contributed by atoms with Crippen molar-refractivity contribution >= 4 is 0 Å². The van der Waals surface area contributed by atoms with Gasteiger partial charge >= 0.3 is 0 Å². The van der Waals surface area contributed by atoms with Gasteiger partial charge in [-0.25, -0.2) is 4.39 Å². The standard InChI is InChI=1S/C8H8F.BrH.Zn/c1-2-7-3-5-8(9)6-4-7;;/h3-6H,1-2H2;1H;/p-1. The summed E-state index contributed by atoms with van der Waals surface area (Å²) in [5, 5.41) is 0. The number of benzene rings is 1. The van der Waals surface area contributed by atoms with Gasteiger partial charge < -0.3 is 17.0 Å². The first kappa shape index (κ1) is 13.8. The summed E-state index contributed by atoms with van der Waals surface area (Å²) in [7, 11) is 0. The molecule has 1 rings (SSSR count). The summed E-state index contributed by atoms with van der Waals surface area (Å²) in [6, 6.07) is 6.37. The average molecular weight is 268 g/mol. The summed E-state index contributed by atoms with van der Waals surface area (Å²) in [6.45, 7) is 3.66. The zero-order valence-electron chi connectivity index (χ0n) is 6.19. The summed E-state index contributed by atoms with van der Waals surface area (Å²) < 4.78 is 12.2. The molecular weight excluding hydrogens is 260 g/mol. The fourth-order valence-corrected chi connectivity index (χ4v) is 0.651. The fraction of sp³-hybridized carbons (Fsp3) is 0.125. The first-order chi connectivity index (χ1) is 4.33. The molecule has 0 nitrogen and oxygen atoms in total. The van der Waals surface area contributed by atoms with Gasteiger partial charge in [-0.3, -0.25) is 0 Å². The van der Waals surface area contributed by atoms with Crippen molar-refractivity contribution in [2.75, 3.05) is 0 Å². The molecule has 3 heteroatoms. The van der Waals surface area contributed by atoms with Gasteiger partial charge in [-0.1, -0.05) is 12.1 Å². The molecule has 11 heavy (non-hydrogen) atoms. The first-order valence-corrected chi connectivity index (χ1v) is 2.86. The normalized spacial score (nSPS) is 7.82. The van der Waals surface area contributed by atoms with Crippen LogP contribution >= 0.6 is 0 Å². The summed E-state index contributed by atoms with van der Waals surface area (Å²) in [5.74, 6) is -0.188. The summed E-state index contributed by atoms with van der Waals surface area (Å²) >= 11 is 0. The van der Waals surface area contributed by atoms with Crippen LogP contribution in [0.25, 0.3) is 0 Å². The molecule has 0 saturated carbocycles. The second-order valence-corrected chi connectivity index (χ2v) is 1.88. The molecule has 1 aromatic rings. The predicted octanol–water partition coefficient (Wildman–Crippen LogP) is -0.796. The maximum Gasteiger partial charge on any atom is 0.123 e. The zero-order chi connectivity index (χ0) is 6.69. The van der Waals surface area contributed by atoms with Crippen LogP contribution in [0.3, 0.4) is 0 Å². The minimum absolute atomic E-state index is 0. The molecule has 0 N–H and O–H groups in total. The van der Waals surface area contributed by atoms with E-state index in [1.165, 1.54) is 12.1 Å². The molecule has 57 valence electrons. The van der Waals surface area contributed by atoms with Gasteiger partial charge in [0.25, 0.3) is 0 Å². The van der Waals surface area contributed by atoms with E-state index in [0.29, 0.717) is 0 Å². The van der Waals surface area contributed by atoms with Gasteiger partial charge in [0.15, 0.2) is 0 Å². The Morgan fingerprint density at radius 2 is 1.64 bits per heavy atom. The van der Waals surface area contributed by atoms with Crippen LogP contribution in [0.2, 0.25) is 0 Å². The average Bonchev–Trinajstić information content (AvgIpc) is 1.90. The molecule has 0 aliphatic heterocycles. The molecule has 0 aliphatic carbocycles. The summed E-state index contributed by atoms with van der Waals surface area (Å²) in [4.78, 5) is 0. The minimum atomic E-state index is -0.188. The van der Waals surface area contributed by atoms with Crippen LogP contribution in [0.4, 0.5) is 4.39 Å². The molecule has 0 saturated heterocycles. The molecule has 0 atom stereocenters. The quantitative estimate of drug-likeness (QED) is 0.585. The minimum Gasteiger partial charge on any atom is -1.00 e. The third kappa shape index (κ3) is 4.65. The molecular formula is C8H8BrFZn-. The maximum atomic E-state index is 12.2. The zero-order valence-corrected chi connectivity index (χ0v) is 10.7. The number of rotatable bonds is 1. The van der Waals surface area contributed by atoms with Crippen molar-refractivity contribution < 1.29 is 40.8 Å². The Balaban J connectivity index is 0. The Kier molecular flexibility index (Phi) is 8.71. The second-order valence-electron chi connectivity index (χ2n) is 1.88. The molecule has 1 radical (unpaired) electrons. The Bertz CT molecular complexity index is 186. The van der Waals surface area contributed by atoms with E-state index in [0.717, 1.165) is 12.0 Å². The predicted molar refractivity (Wildman–Crippen MR) is 35.5 cm³/mol. The molecule has 0 spiro atoms. The van der Waals surface area contributed by atoms with Gasteiger partial charge in [-0.05, 0) is 31.0 Å². The number of hydrogen-bond acceptors (Lipinski definition) is 0. The smallest absolute Gasteiger partial charge is 0.123 e. The third-order valence-corrected chi connectivity index (χ3v) is 1.20. The Labute approximate surface area is 89.7 Å². The first-order valence-electron chi connectivity index (χ1n) is 2.86. The molecule has 0 heterocycles. The van der Waals surface area contributed by atoms with Crippen LogP contribution in [0.15, 0.2) is 24.3 Å². The maximum absolute atomic E-state index is 12.2. The van der Waals surface area contributed by atoms with Gasteiger partial charge in [-0.15, -0.1) is 0 Å². The van der Waals surface area contributed by atoms with Crippen LogP contribution < -0.4 is 17.0 Å². The van der Waals surface area contributed by atoms with E-state index in [9.17, 15) is 4.39 Å². The molecule has 0 aromatic heterocycles. The second kappa shape index (κ2) is 6.93. The van der Waals surface area contributed by atoms with Crippen LogP contribution in [-0.4, -0.2) is 0 Å². The van der Waals surface area contributed by atoms with Gasteiger partial charge in [0.2, 0.25) is 0 Å². The third-order valence-electron chi connectivity index (χ3n) is 1.20. The van der Waals surface area contributed by atoms with E-state index in [1.807, 2.05) is 0 Å². The van der Waals surface area contributed by atoms with E-state index in [1.54, 1.807) is 12.1 Å². The van der Waals surface area contributed by atoms with E-state index in [-0.39, 0.29) is 42.3 Å². The number of halogens is 2. The van der Waals surface area contributed by atoms with Crippen molar-refractivity contribution in [3.05, 3.63) is 42.6 Å². The van der Waals surface area contributed by atoms with Crippen molar-refractivity contribution in [3.63, 3.8) is 0 Å². The van der Waals surface area contributed by atoms with Crippen molar-refractivity contribution in [3.8, 4) is 0 Å². The van der Waals surface area contributed by atoms with Crippen LogP contribution in [-0.2, 0) is 25.9 Å². The van der Waals surface area contributed by atoms with E-state index in [2.05, 4.69) is 6.92 Å². The Morgan fingerprint density at radius 1 is 1.18 bits per heavy atom. The van der Waals surface area contributed by atoms with Gasteiger partial charge in [-0.2, -0.15) is 0 Å². The molecule has 0 amide bonds. The molecule has 0 bridgehead atoms. The molecule has 0 aliphatic rings. The van der Waals surface area contributed by atoms with E-state index in [4.69, 9.17) is 0 Å². The van der Waals surface area contributed by atoms with Crippen LogP contribution in [0.1, 0.15) is 5.56 Å². The van der Waals surface area contributed by atoms with E-state index < -0.39 is 0 Å². The fourth-order valence-electron chi connectivity index (χ4n) is 0.651. The summed E-state index contributed by atoms with van der Waals surface area (Å²) in [5.41, 5.74) is 1.07. The van der Waals surface area contributed by atoms with E-state index >= 15 is 0 Å². The Morgan fingerprint density at radius 3 is 2.00 bits per heavy atom. The van der Waals surface area contributed by atoms with Gasteiger partial charge in [0.05, 0.1) is 0 Å². The molecule has 0 fully saturated rings. The van der Waals surface area contributed by atoms with Gasteiger partial charge in [0.1, 0.15) is 5.82 Å². The number of hydrogen-bond donors (Lipinski definition) is 0. The SMILES string of the molecule is [Br-].[CH2]Cc1ccc(F)cc1.[Zn].